The molecule has 2 aliphatic rings. The van der Waals surface area contributed by atoms with Crippen LogP contribution in [0.15, 0.2) is 12.1 Å². The van der Waals surface area contributed by atoms with E-state index in [1.165, 1.54) is 0 Å². The number of phenols is 1. The number of hydrogen-bond donors (Lipinski definition) is 2. The smallest absolute Gasteiger partial charge is 0.231 e. The van der Waals surface area contributed by atoms with Gasteiger partial charge in [-0.2, -0.15) is 0 Å². The summed E-state index contributed by atoms with van der Waals surface area (Å²) in [6.07, 6.45) is 2.95. The van der Waals surface area contributed by atoms with Crippen molar-refractivity contribution in [3.05, 3.63) is 17.7 Å². The number of fused-ring (bicyclic) bond motifs is 1. The number of rotatable bonds is 1. The molecule has 80 valence electrons. The topological polar surface area (TPSA) is 64.7 Å². The SMILES string of the molecule is NC1(c2cc3c(cc2O)OCO3)CCC1. The van der Waals surface area contributed by atoms with Gasteiger partial charge in [0.1, 0.15) is 5.75 Å². The van der Waals surface area contributed by atoms with E-state index in [9.17, 15) is 5.11 Å². The summed E-state index contributed by atoms with van der Waals surface area (Å²) in [6, 6.07) is 3.39. The summed E-state index contributed by atoms with van der Waals surface area (Å²) in [5.41, 5.74) is 6.57. The van der Waals surface area contributed by atoms with Gasteiger partial charge >= 0.3 is 0 Å². The molecule has 3 rings (SSSR count). The molecule has 4 nitrogen and oxygen atoms in total. The zero-order valence-corrected chi connectivity index (χ0v) is 8.32. The summed E-state index contributed by atoms with van der Waals surface area (Å²) < 4.78 is 10.4. The summed E-state index contributed by atoms with van der Waals surface area (Å²) in [7, 11) is 0. The third-order valence-electron chi connectivity index (χ3n) is 3.27. The van der Waals surface area contributed by atoms with E-state index in [1.807, 2.05) is 0 Å². The maximum absolute atomic E-state index is 9.86. The fourth-order valence-corrected chi connectivity index (χ4v) is 2.16. The van der Waals surface area contributed by atoms with Gasteiger partial charge in [0.05, 0.1) is 0 Å². The van der Waals surface area contributed by atoms with Crippen molar-refractivity contribution in [1.29, 1.82) is 0 Å². The van der Waals surface area contributed by atoms with E-state index in [-0.39, 0.29) is 18.1 Å². The standard InChI is InChI=1S/C11H13NO3/c12-11(2-1-3-11)7-4-9-10(5-8(7)13)15-6-14-9/h4-5,13H,1-3,6,12H2. The van der Waals surface area contributed by atoms with E-state index in [2.05, 4.69) is 0 Å². The summed E-state index contributed by atoms with van der Waals surface area (Å²) in [4.78, 5) is 0. The highest BCUT2D eigenvalue weighted by Crippen LogP contribution is 2.47. The van der Waals surface area contributed by atoms with Crippen molar-refractivity contribution in [2.45, 2.75) is 24.8 Å². The zero-order valence-electron chi connectivity index (χ0n) is 8.32. The number of hydrogen-bond acceptors (Lipinski definition) is 4. The normalized spacial score (nSPS) is 21.1. The van der Waals surface area contributed by atoms with Crippen LogP contribution in [-0.4, -0.2) is 11.9 Å². The Morgan fingerprint density at radius 2 is 1.87 bits per heavy atom. The molecule has 1 fully saturated rings. The third kappa shape index (κ3) is 1.18. The Hall–Kier alpha value is -1.42. The number of nitrogens with two attached hydrogens (primary N) is 1. The van der Waals surface area contributed by atoms with Gasteiger partial charge in [-0.05, 0) is 25.3 Å². The van der Waals surface area contributed by atoms with Gasteiger partial charge in [-0.1, -0.05) is 0 Å². The van der Waals surface area contributed by atoms with Gasteiger partial charge in [0, 0.05) is 17.2 Å². The number of aromatic hydroxyl groups is 1. The molecule has 0 radical (unpaired) electrons. The van der Waals surface area contributed by atoms with Gasteiger partial charge < -0.3 is 20.3 Å². The summed E-state index contributed by atoms with van der Waals surface area (Å²) in [6.45, 7) is 0.218. The minimum atomic E-state index is -0.370. The molecule has 0 bridgehead atoms. The lowest BCUT2D eigenvalue weighted by molar-refractivity contribution is 0.173. The summed E-state index contributed by atoms with van der Waals surface area (Å²) in [5.74, 6) is 1.49. The lowest BCUT2D eigenvalue weighted by atomic mass is 9.72. The lowest BCUT2D eigenvalue weighted by Gasteiger charge is -2.38. The first-order valence-electron chi connectivity index (χ1n) is 5.11. The first-order valence-corrected chi connectivity index (χ1v) is 5.11. The molecular formula is C11H13NO3. The van der Waals surface area contributed by atoms with Crippen molar-refractivity contribution >= 4 is 0 Å². The van der Waals surface area contributed by atoms with Gasteiger partial charge in [-0.25, -0.2) is 0 Å². The van der Waals surface area contributed by atoms with Crippen LogP contribution in [0.1, 0.15) is 24.8 Å². The predicted molar refractivity (Wildman–Crippen MR) is 53.9 cm³/mol. The Morgan fingerprint density at radius 3 is 2.47 bits per heavy atom. The molecule has 0 unspecified atom stereocenters. The lowest BCUT2D eigenvalue weighted by Crippen LogP contribution is -2.43. The van der Waals surface area contributed by atoms with Crippen LogP contribution in [0.2, 0.25) is 0 Å². The second-order valence-corrected chi connectivity index (χ2v) is 4.23. The average molecular weight is 207 g/mol. The summed E-state index contributed by atoms with van der Waals surface area (Å²) >= 11 is 0. The minimum absolute atomic E-state index is 0.210. The van der Waals surface area contributed by atoms with Crippen LogP contribution < -0.4 is 15.2 Å². The molecule has 0 atom stereocenters. The first-order chi connectivity index (χ1) is 7.19. The fourth-order valence-electron chi connectivity index (χ4n) is 2.16. The molecular weight excluding hydrogens is 194 g/mol. The fraction of sp³-hybridized carbons (Fsp3) is 0.455. The molecule has 1 aliphatic carbocycles. The van der Waals surface area contributed by atoms with Gasteiger partial charge in [0.25, 0.3) is 0 Å². The van der Waals surface area contributed by atoms with Crippen LogP contribution in [0.4, 0.5) is 0 Å². The van der Waals surface area contributed by atoms with E-state index in [0.717, 1.165) is 24.8 Å². The van der Waals surface area contributed by atoms with E-state index < -0.39 is 0 Å². The van der Waals surface area contributed by atoms with E-state index in [4.69, 9.17) is 15.2 Å². The molecule has 0 amide bonds. The van der Waals surface area contributed by atoms with Crippen LogP contribution in [0.3, 0.4) is 0 Å². The highest BCUT2D eigenvalue weighted by atomic mass is 16.7. The largest absolute Gasteiger partial charge is 0.507 e. The second kappa shape index (κ2) is 2.79. The van der Waals surface area contributed by atoms with Gasteiger partial charge in [0.2, 0.25) is 6.79 Å². The van der Waals surface area contributed by atoms with Crippen LogP contribution in [0.5, 0.6) is 17.2 Å². The molecule has 1 aromatic rings. The molecule has 1 aliphatic heterocycles. The number of phenolic OH excluding ortho intramolecular Hbond substituents is 1. The van der Waals surface area contributed by atoms with Crippen molar-refractivity contribution in [1.82, 2.24) is 0 Å². The molecule has 1 aromatic carbocycles. The van der Waals surface area contributed by atoms with Crippen LogP contribution in [0.25, 0.3) is 0 Å². The molecule has 1 saturated carbocycles. The van der Waals surface area contributed by atoms with Gasteiger partial charge in [-0.3, -0.25) is 0 Å². The number of benzene rings is 1. The molecule has 4 heteroatoms. The maximum Gasteiger partial charge on any atom is 0.231 e. The Balaban J connectivity index is 2.08. The molecule has 0 saturated heterocycles. The van der Waals surface area contributed by atoms with Crippen LogP contribution in [0, 0.1) is 0 Å². The quantitative estimate of drug-likeness (QED) is 0.731. The highest BCUT2D eigenvalue weighted by Gasteiger charge is 2.37. The maximum atomic E-state index is 9.86. The molecule has 1 heterocycles. The average Bonchev–Trinajstić information content (AvgIpc) is 2.60. The Kier molecular flexibility index (Phi) is 1.65. The minimum Gasteiger partial charge on any atom is -0.507 e. The van der Waals surface area contributed by atoms with Gasteiger partial charge in [0.15, 0.2) is 11.5 Å². The number of ether oxygens (including phenoxy) is 2. The van der Waals surface area contributed by atoms with Crippen LogP contribution in [-0.2, 0) is 5.54 Å². The summed E-state index contributed by atoms with van der Waals surface area (Å²) in [5, 5.41) is 9.86. The van der Waals surface area contributed by atoms with Crippen molar-refractivity contribution < 1.29 is 14.6 Å². The van der Waals surface area contributed by atoms with E-state index in [1.54, 1.807) is 12.1 Å². The first kappa shape index (κ1) is 8.85. The Labute approximate surface area is 87.6 Å². The Morgan fingerprint density at radius 1 is 1.20 bits per heavy atom. The molecule has 3 N–H and O–H groups in total. The third-order valence-corrected chi connectivity index (χ3v) is 3.27. The highest BCUT2D eigenvalue weighted by molar-refractivity contribution is 5.53. The molecule has 0 spiro atoms. The van der Waals surface area contributed by atoms with Crippen molar-refractivity contribution in [2.75, 3.05) is 6.79 Å². The van der Waals surface area contributed by atoms with Gasteiger partial charge in [-0.15, -0.1) is 0 Å². The zero-order chi connectivity index (χ0) is 10.5. The van der Waals surface area contributed by atoms with Crippen molar-refractivity contribution in [2.24, 2.45) is 5.73 Å². The van der Waals surface area contributed by atoms with Crippen molar-refractivity contribution in [3.8, 4) is 17.2 Å². The molecule has 15 heavy (non-hydrogen) atoms. The van der Waals surface area contributed by atoms with E-state index in [0.29, 0.717) is 11.5 Å². The van der Waals surface area contributed by atoms with Crippen LogP contribution >= 0.6 is 0 Å². The molecule has 0 aromatic heterocycles. The van der Waals surface area contributed by atoms with Crippen molar-refractivity contribution in [3.63, 3.8) is 0 Å². The Bertz CT molecular complexity index is 413. The predicted octanol–water partition coefficient (Wildman–Crippen LogP) is 1.46. The second-order valence-electron chi connectivity index (χ2n) is 4.23. The van der Waals surface area contributed by atoms with E-state index >= 15 is 0 Å². The monoisotopic (exact) mass is 207 g/mol.